The first kappa shape index (κ1) is 24.0. The van der Waals surface area contributed by atoms with Crippen molar-refractivity contribution >= 4 is 45.8 Å². The maximum absolute atomic E-state index is 12.1. The lowest BCUT2D eigenvalue weighted by molar-refractivity contribution is 0.133. The van der Waals surface area contributed by atoms with Crippen LogP contribution < -0.4 is 10.0 Å². The molecule has 1 saturated carbocycles. The molecule has 0 bridgehead atoms. The van der Waals surface area contributed by atoms with Gasteiger partial charge in [0.05, 0.1) is 25.8 Å². The van der Waals surface area contributed by atoms with Crippen LogP contribution in [-0.2, 0) is 11.0 Å². The maximum Gasteiger partial charge on any atom is 0.211 e. The first-order chi connectivity index (χ1) is 16.2. The van der Waals surface area contributed by atoms with E-state index >= 15 is 0 Å². The zero-order valence-electron chi connectivity index (χ0n) is 19.6. The van der Waals surface area contributed by atoms with Crippen LogP contribution >= 0.6 is 23.2 Å². The first-order valence-corrected chi connectivity index (χ1v) is 13.9. The molecule has 2 N–H and O–H groups in total. The molecular formula is C25H31Cl2N5OS. The highest BCUT2D eigenvalue weighted by molar-refractivity contribution is 7.84. The molecule has 2 aliphatic rings. The molecule has 0 amide bonds. The summed E-state index contributed by atoms with van der Waals surface area (Å²) in [5.41, 5.74) is 2.83. The number of anilines is 1. The lowest BCUT2D eigenvalue weighted by atomic mass is 9.68. The molecule has 182 valence electrons. The SMILES string of the molecule is CC(C)(C[C@H]1CCCC12CCN(c1ncc(-c3cccc(Cl)c3Cl)c3nccn13)CC2)S(N)=O. The van der Waals surface area contributed by atoms with Gasteiger partial charge in [0.1, 0.15) is 5.65 Å². The molecule has 6 nitrogen and oxygen atoms in total. The van der Waals surface area contributed by atoms with Crippen molar-refractivity contribution in [3.63, 3.8) is 0 Å². The van der Waals surface area contributed by atoms with Crippen LogP contribution in [0.2, 0.25) is 10.0 Å². The highest BCUT2D eigenvalue weighted by atomic mass is 35.5. The molecule has 9 heteroatoms. The number of nitrogens with zero attached hydrogens (tertiary/aromatic N) is 4. The summed E-state index contributed by atoms with van der Waals surface area (Å²) >= 11 is 12.8. The van der Waals surface area contributed by atoms with Crippen LogP contribution in [0.15, 0.2) is 36.8 Å². The minimum atomic E-state index is -1.31. The second-order valence-electron chi connectivity index (χ2n) is 10.4. The van der Waals surface area contributed by atoms with E-state index in [4.69, 9.17) is 33.3 Å². The fourth-order valence-corrected chi connectivity index (χ4v) is 6.83. The normalized spacial score (nSPS) is 21.4. The molecule has 1 unspecified atom stereocenters. The van der Waals surface area contributed by atoms with Gasteiger partial charge >= 0.3 is 0 Å². The van der Waals surface area contributed by atoms with Crippen molar-refractivity contribution in [2.45, 2.75) is 57.1 Å². The lowest BCUT2D eigenvalue weighted by Crippen LogP contribution is -2.45. The van der Waals surface area contributed by atoms with Gasteiger partial charge in [-0.05, 0) is 63.4 Å². The van der Waals surface area contributed by atoms with E-state index in [1.165, 1.54) is 19.3 Å². The number of nitrogens with two attached hydrogens (primary N) is 1. The van der Waals surface area contributed by atoms with Crippen LogP contribution in [0.4, 0.5) is 5.95 Å². The smallest absolute Gasteiger partial charge is 0.211 e. The summed E-state index contributed by atoms with van der Waals surface area (Å²) in [6.07, 6.45) is 12.5. The second-order valence-corrected chi connectivity index (χ2v) is 12.9. The van der Waals surface area contributed by atoms with Gasteiger partial charge in [-0.25, -0.2) is 14.2 Å². The number of benzene rings is 1. The summed E-state index contributed by atoms with van der Waals surface area (Å²) < 4.78 is 13.8. The predicted molar refractivity (Wildman–Crippen MR) is 141 cm³/mol. The van der Waals surface area contributed by atoms with Gasteiger partial charge in [0.25, 0.3) is 0 Å². The molecular weight excluding hydrogens is 489 g/mol. The molecule has 1 aliphatic carbocycles. The van der Waals surface area contributed by atoms with E-state index in [-0.39, 0.29) is 4.75 Å². The van der Waals surface area contributed by atoms with E-state index in [1.807, 2.05) is 38.4 Å². The number of imidazole rings is 1. The molecule has 0 radical (unpaired) electrons. The zero-order chi connectivity index (χ0) is 24.1. The van der Waals surface area contributed by atoms with Crippen LogP contribution in [0.1, 0.15) is 52.4 Å². The molecule has 2 fully saturated rings. The van der Waals surface area contributed by atoms with Gasteiger partial charge in [-0.1, -0.05) is 41.8 Å². The third-order valence-corrected chi connectivity index (χ3v) is 10.1. The van der Waals surface area contributed by atoms with Crippen molar-refractivity contribution in [2.75, 3.05) is 18.0 Å². The molecule has 1 aliphatic heterocycles. The number of fused-ring (bicyclic) bond motifs is 1. The van der Waals surface area contributed by atoms with Crippen molar-refractivity contribution in [1.82, 2.24) is 14.4 Å². The Hall–Kier alpha value is -1.67. The minimum absolute atomic E-state index is 0.315. The number of halogens is 2. The Morgan fingerprint density at radius 3 is 2.68 bits per heavy atom. The average molecular weight is 521 g/mol. The molecule has 2 atom stereocenters. The van der Waals surface area contributed by atoms with Crippen LogP contribution in [-0.4, -0.2) is 36.4 Å². The number of aromatic nitrogens is 3. The predicted octanol–water partition coefficient (Wildman–Crippen LogP) is 5.88. The number of hydrogen-bond acceptors (Lipinski definition) is 4. The fraction of sp³-hybridized carbons (Fsp3) is 0.520. The van der Waals surface area contributed by atoms with Crippen molar-refractivity contribution < 1.29 is 4.21 Å². The van der Waals surface area contributed by atoms with E-state index < -0.39 is 11.0 Å². The molecule has 2 aromatic heterocycles. The van der Waals surface area contributed by atoms with Gasteiger partial charge in [-0.15, -0.1) is 0 Å². The average Bonchev–Trinajstić information content (AvgIpc) is 3.44. The zero-order valence-corrected chi connectivity index (χ0v) is 22.0. The third-order valence-electron chi connectivity index (χ3n) is 8.07. The van der Waals surface area contributed by atoms with Crippen molar-refractivity contribution in [3.05, 3.63) is 46.8 Å². The quantitative estimate of drug-likeness (QED) is 0.456. The molecule has 5 rings (SSSR count). The molecule has 1 spiro atoms. The van der Waals surface area contributed by atoms with Crippen molar-refractivity contribution in [1.29, 1.82) is 0 Å². The van der Waals surface area contributed by atoms with Crippen LogP contribution in [0, 0.1) is 11.3 Å². The minimum Gasteiger partial charge on any atom is -0.342 e. The molecule has 34 heavy (non-hydrogen) atoms. The Balaban J connectivity index is 1.39. The summed E-state index contributed by atoms with van der Waals surface area (Å²) in [5, 5.41) is 6.84. The Morgan fingerprint density at radius 2 is 1.94 bits per heavy atom. The van der Waals surface area contributed by atoms with Gasteiger partial charge in [0.15, 0.2) is 0 Å². The Kier molecular flexibility index (Phi) is 6.42. The number of rotatable bonds is 5. The molecule has 3 aromatic rings. The number of hydrogen-bond donors (Lipinski definition) is 1. The van der Waals surface area contributed by atoms with Crippen LogP contribution in [0.25, 0.3) is 16.8 Å². The van der Waals surface area contributed by atoms with Crippen molar-refractivity contribution in [2.24, 2.45) is 16.5 Å². The van der Waals surface area contributed by atoms with Gasteiger partial charge in [0, 0.05) is 42.8 Å². The fourth-order valence-electron chi connectivity index (χ4n) is 6.06. The summed E-state index contributed by atoms with van der Waals surface area (Å²) in [7, 11) is -1.31. The van der Waals surface area contributed by atoms with Crippen molar-refractivity contribution in [3.8, 4) is 11.1 Å². The van der Waals surface area contributed by atoms with Gasteiger partial charge in [0.2, 0.25) is 5.95 Å². The van der Waals surface area contributed by atoms with E-state index in [0.29, 0.717) is 21.4 Å². The molecule has 1 aromatic carbocycles. The molecule has 1 saturated heterocycles. The topological polar surface area (TPSA) is 76.5 Å². The largest absolute Gasteiger partial charge is 0.342 e. The Bertz CT molecular complexity index is 1240. The Morgan fingerprint density at radius 1 is 1.18 bits per heavy atom. The molecule has 3 heterocycles. The van der Waals surface area contributed by atoms with Gasteiger partial charge < -0.3 is 4.90 Å². The van der Waals surface area contributed by atoms with Gasteiger partial charge in [-0.2, -0.15) is 0 Å². The maximum atomic E-state index is 12.1. The lowest BCUT2D eigenvalue weighted by Gasteiger charge is -2.45. The number of piperidine rings is 1. The highest BCUT2D eigenvalue weighted by Gasteiger charge is 2.47. The van der Waals surface area contributed by atoms with Crippen LogP contribution in [0.5, 0.6) is 0 Å². The van der Waals surface area contributed by atoms with E-state index in [0.717, 1.165) is 55.1 Å². The van der Waals surface area contributed by atoms with Crippen LogP contribution in [0.3, 0.4) is 0 Å². The monoisotopic (exact) mass is 519 g/mol. The highest BCUT2D eigenvalue weighted by Crippen LogP contribution is 2.53. The van der Waals surface area contributed by atoms with E-state index in [1.54, 1.807) is 12.3 Å². The summed E-state index contributed by atoms with van der Waals surface area (Å²) in [6, 6.07) is 5.62. The van der Waals surface area contributed by atoms with Gasteiger partial charge in [-0.3, -0.25) is 9.54 Å². The standard InChI is InChI=1S/C25H31Cl2N5OS/c1-24(2,34(28)33)15-17-5-4-8-25(17)9-12-31(13-10-25)23-30-16-19(22-29-11-14-32(22)23)18-6-3-7-20(26)21(18)27/h3,6-7,11,14,16-17H,4-5,8-10,12-13,15,28H2,1-2H3/t17-,34?/m1/s1. The van der Waals surface area contributed by atoms with E-state index in [9.17, 15) is 4.21 Å². The first-order valence-electron chi connectivity index (χ1n) is 11.9. The second kappa shape index (κ2) is 9.08. The van der Waals surface area contributed by atoms with E-state index in [2.05, 4.69) is 14.3 Å². The third kappa shape index (κ3) is 4.15. The summed E-state index contributed by atoms with van der Waals surface area (Å²) in [5.74, 6) is 1.48. The summed E-state index contributed by atoms with van der Waals surface area (Å²) in [4.78, 5) is 11.8. The summed E-state index contributed by atoms with van der Waals surface area (Å²) in [6.45, 7) is 5.97. The Labute approximate surface area is 213 Å².